The lowest BCUT2D eigenvalue weighted by Gasteiger charge is -2.47. The number of aliphatic hydroxyl groups is 1. The van der Waals surface area contributed by atoms with Crippen LogP contribution in [0.2, 0.25) is 5.02 Å². The number of aromatic amines is 1. The minimum absolute atomic E-state index is 0.142. The molecule has 2 atom stereocenters. The van der Waals surface area contributed by atoms with Crippen molar-refractivity contribution in [3.05, 3.63) is 21.7 Å². The monoisotopic (exact) mass is 283 g/mol. The van der Waals surface area contributed by atoms with Crippen LogP contribution in [0.5, 0.6) is 0 Å². The molecule has 19 heavy (non-hydrogen) atoms. The van der Waals surface area contributed by atoms with Crippen LogP contribution in [0, 0.1) is 5.92 Å². The Morgan fingerprint density at radius 3 is 3.16 bits per heavy atom. The number of piperidine rings is 1. The van der Waals surface area contributed by atoms with Crippen molar-refractivity contribution in [2.75, 3.05) is 18.0 Å². The number of nitrogens with one attached hydrogen (secondary N) is 1. The normalized spacial score (nSPS) is 31.1. The molecular weight excluding hydrogens is 266 g/mol. The average molecular weight is 284 g/mol. The maximum Gasteiger partial charge on any atom is 0.271 e. The second-order valence-corrected chi connectivity index (χ2v) is 5.99. The lowest BCUT2D eigenvalue weighted by molar-refractivity contribution is -0.0613. The zero-order chi connectivity index (χ0) is 13.5. The molecule has 2 unspecified atom stereocenters. The summed E-state index contributed by atoms with van der Waals surface area (Å²) in [5.74, 6) is 0.796. The molecule has 1 aliphatic carbocycles. The van der Waals surface area contributed by atoms with Gasteiger partial charge in [0.2, 0.25) is 0 Å². The Morgan fingerprint density at radius 1 is 1.47 bits per heavy atom. The number of anilines is 1. The molecule has 104 valence electrons. The van der Waals surface area contributed by atoms with Crippen LogP contribution in [-0.4, -0.2) is 33.8 Å². The molecule has 1 saturated heterocycles. The van der Waals surface area contributed by atoms with Gasteiger partial charge in [0.15, 0.2) is 5.82 Å². The summed E-state index contributed by atoms with van der Waals surface area (Å²) >= 11 is 6.03. The molecule has 5 nitrogen and oxygen atoms in total. The molecule has 0 radical (unpaired) electrons. The maximum absolute atomic E-state index is 11.5. The summed E-state index contributed by atoms with van der Waals surface area (Å²) in [6.07, 6.45) is 6.30. The quantitative estimate of drug-likeness (QED) is 0.821. The van der Waals surface area contributed by atoms with Gasteiger partial charge in [-0.05, 0) is 19.3 Å². The van der Waals surface area contributed by atoms with E-state index < -0.39 is 5.60 Å². The van der Waals surface area contributed by atoms with E-state index in [0.717, 1.165) is 38.6 Å². The summed E-state index contributed by atoms with van der Waals surface area (Å²) < 4.78 is 0. The summed E-state index contributed by atoms with van der Waals surface area (Å²) in [4.78, 5) is 20.2. The molecular formula is C13H18ClN3O2. The molecule has 0 aromatic carbocycles. The third-order valence-electron chi connectivity index (χ3n) is 4.51. The number of nitrogens with zero attached hydrogens (tertiary/aromatic N) is 2. The van der Waals surface area contributed by atoms with E-state index in [1.807, 2.05) is 4.90 Å². The van der Waals surface area contributed by atoms with Gasteiger partial charge in [0.1, 0.15) is 5.02 Å². The van der Waals surface area contributed by atoms with E-state index >= 15 is 0 Å². The fourth-order valence-corrected chi connectivity index (χ4v) is 3.58. The van der Waals surface area contributed by atoms with Crippen molar-refractivity contribution < 1.29 is 5.11 Å². The molecule has 2 N–H and O–H groups in total. The summed E-state index contributed by atoms with van der Waals surface area (Å²) in [5, 5.41) is 10.8. The molecule has 0 bridgehead atoms. The predicted molar refractivity (Wildman–Crippen MR) is 73.6 cm³/mol. The van der Waals surface area contributed by atoms with Crippen LogP contribution in [0.1, 0.15) is 32.1 Å². The Hall–Kier alpha value is -1.07. The van der Waals surface area contributed by atoms with E-state index in [9.17, 15) is 9.90 Å². The summed E-state index contributed by atoms with van der Waals surface area (Å²) in [5.41, 5.74) is -0.834. The number of rotatable bonds is 1. The van der Waals surface area contributed by atoms with Crippen LogP contribution in [0.25, 0.3) is 0 Å². The van der Waals surface area contributed by atoms with Crippen LogP contribution < -0.4 is 10.5 Å². The standard InChI is InChI=1S/C13H18ClN3O2/c14-10-11(15-8-16-12(10)18)17-6-5-13(19)4-2-1-3-9(13)7-17/h8-9,19H,1-7H2,(H,15,16,18). The van der Waals surface area contributed by atoms with E-state index in [2.05, 4.69) is 9.97 Å². The van der Waals surface area contributed by atoms with E-state index in [0.29, 0.717) is 12.4 Å². The largest absolute Gasteiger partial charge is 0.389 e. The first kappa shape index (κ1) is 12.9. The number of hydrogen-bond donors (Lipinski definition) is 2. The fraction of sp³-hybridized carbons (Fsp3) is 0.692. The van der Waals surface area contributed by atoms with E-state index in [1.54, 1.807) is 0 Å². The average Bonchev–Trinajstić information content (AvgIpc) is 2.41. The number of H-pyrrole nitrogens is 1. The Bertz CT molecular complexity index is 533. The van der Waals surface area contributed by atoms with Crippen LogP contribution in [0.4, 0.5) is 5.82 Å². The summed E-state index contributed by atoms with van der Waals surface area (Å²) in [6.45, 7) is 1.43. The zero-order valence-electron chi connectivity index (χ0n) is 10.7. The molecule has 2 fully saturated rings. The van der Waals surface area contributed by atoms with Gasteiger partial charge in [-0.3, -0.25) is 4.79 Å². The smallest absolute Gasteiger partial charge is 0.271 e. The molecule has 0 amide bonds. The van der Waals surface area contributed by atoms with Crippen molar-refractivity contribution in [1.82, 2.24) is 9.97 Å². The number of fused-ring (bicyclic) bond motifs is 1. The lowest BCUT2D eigenvalue weighted by Crippen LogP contribution is -2.53. The molecule has 3 rings (SSSR count). The molecule has 1 aromatic heterocycles. The van der Waals surface area contributed by atoms with Crippen LogP contribution >= 0.6 is 11.6 Å². The first-order valence-corrected chi connectivity index (χ1v) is 7.18. The van der Waals surface area contributed by atoms with Crippen molar-refractivity contribution in [1.29, 1.82) is 0 Å². The fourth-order valence-electron chi connectivity index (χ4n) is 3.36. The van der Waals surface area contributed by atoms with Crippen molar-refractivity contribution >= 4 is 17.4 Å². The summed E-state index contributed by atoms with van der Waals surface area (Å²) in [7, 11) is 0. The van der Waals surface area contributed by atoms with Gasteiger partial charge in [-0.15, -0.1) is 0 Å². The highest BCUT2D eigenvalue weighted by Gasteiger charge is 2.43. The second-order valence-electron chi connectivity index (χ2n) is 5.61. The van der Waals surface area contributed by atoms with Crippen LogP contribution in [0.3, 0.4) is 0 Å². The third-order valence-corrected chi connectivity index (χ3v) is 4.85. The van der Waals surface area contributed by atoms with E-state index in [4.69, 9.17) is 11.6 Å². The predicted octanol–water partition coefficient (Wildman–Crippen LogP) is 1.55. The highest BCUT2D eigenvalue weighted by atomic mass is 35.5. The van der Waals surface area contributed by atoms with Crippen LogP contribution in [-0.2, 0) is 0 Å². The highest BCUT2D eigenvalue weighted by Crippen LogP contribution is 2.41. The van der Waals surface area contributed by atoms with Crippen molar-refractivity contribution in [2.24, 2.45) is 5.92 Å². The lowest BCUT2D eigenvalue weighted by atomic mass is 9.71. The number of hydrogen-bond acceptors (Lipinski definition) is 4. The molecule has 2 aliphatic rings. The van der Waals surface area contributed by atoms with Gasteiger partial charge in [0, 0.05) is 19.0 Å². The number of aromatic nitrogens is 2. The van der Waals surface area contributed by atoms with Gasteiger partial charge < -0.3 is 15.0 Å². The topological polar surface area (TPSA) is 69.2 Å². The molecule has 1 aliphatic heterocycles. The first-order chi connectivity index (χ1) is 9.10. The SMILES string of the molecule is O=c1[nH]cnc(N2CCC3(O)CCCCC3C2)c1Cl. The Balaban J connectivity index is 1.85. The number of halogens is 1. The van der Waals surface area contributed by atoms with Crippen molar-refractivity contribution in [3.63, 3.8) is 0 Å². The molecule has 2 heterocycles. The summed E-state index contributed by atoms with van der Waals surface area (Å²) in [6, 6.07) is 0. The van der Waals surface area contributed by atoms with Crippen LogP contribution in [0.15, 0.2) is 11.1 Å². The van der Waals surface area contributed by atoms with Crippen molar-refractivity contribution in [2.45, 2.75) is 37.7 Å². The van der Waals surface area contributed by atoms with Gasteiger partial charge in [-0.25, -0.2) is 4.98 Å². The Morgan fingerprint density at radius 2 is 2.32 bits per heavy atom. The molecule has 1 saturated carbocycles. The molecule has 6 heteroatoms. The van der Waals surface area contributed by atoms with Crippen molar-refractivity contribution in [3.8, 4) is 0 Å². The molecule has 0 spiro atoms. The van der Waals surface area contributed by atoms with Gasteiger partial charge >= 0.3 is 0 Å². The molecule has 1 aromatic rings. The minimum Gasteiger partial charge on any atom is -0.389 e. The maximum atomic E-state index is 11.5. The Labute approximate surface area is 116 Å². The van der Waals surface area contributed by atoms with Gasteiger partial charge in [-0.1, -0.05) is 24.4 Å². The first-order valence-electron chi connectivity index (χ1n) is 6.81. The van der Waals surface area contributed by atoms with Gasteiger partial charge in [0.05, 0.1) is 11.9 Å². The van der Waals surface area contributed by atoms with E-state index in [-0.39, 0.29) is 16.5 Å². The third kappa shape index (κ3) is 2.25. The van der Waals surface area contributed by atoms with E-state index in [1.165, 1.54) is 6.33 Å². The highest BCUT2D eigenvalue weighted by molar-refractivity contribution is 6.32. The Kier molecular flexibility index (Phi) is 3.27. The van der Waals surface area contributed by atoms with Gasteiger partial charge in [-0.2, -0.15) is 0 Å². The second kappa shape index (κ2) is 4.80. The van der Waals surface area contributed by atoms with Gasteiger partial charge in [0.25, 0.3) is 5.56 Å². The zero-order valence-corrected chi connectivity index (χ0v) is 11.5. The minimum atomic E-state index is -0.525.